The van der Waals surface area contributed by atoms with Crippen LogP contribution < -0.4 is 10.1 Å². The summed E-state index contributed by atoms with van der Waals surface area (Å²) in [6, 6.07) is 6.58. The largest absolute Gasteiger partial charge is 0.497 e. The monoisotopic (exact) mass is 331 g/mol. The molecule has 5 nitrogen and oxygen atoms in total. The molecule has 0 spiro atoms. The van der Waals surface area contributed by atoms with Crippen LogP contribution in [-0.2, 0) is 9.53 Å². The topological polar surface area (TPSA) is 64.6 Å². The fourth-order valence-corrected chi connectivity index (χ4v) is 2.63. The molecule has 1 N–H and O–H groups in total. The first kappa shape index (κ1) is 18.0. The van der Waals surface area contributed by atoms with E-state index in [9.17, 15) is 9.59 Å². The number of allylic oxidation sites excluding steroid dienone is 1. The molecule has 0 saturated carbocycles. The van der Waals surface area contributed by atoms with Gasteiger partial charge in [-0.05, 0) is 63.3 Å². The van der Waals surface area contributed by atoms with Gasteiger partial charge in [-0.25, -0.2) is 4.79 Å². The van der Waals surface area contributed by atoms with Crippen molar-refractivity contribution in [1.29, 1.82) is 0 Å². The third-order valence-corrected chi connectivity index (χ3v) is 4.11. The minimum atomic E-state index is -0.820. The van der Waals surface area contributed by atoms with Gasteiger partial charge >= 0.3 is 5.97 Å². The van der Waals surface area contributed by atoms with Crippen LogP contribution in [0.5, 0.6) is 5.75 Å². The lowest BCUT2D eigenvalue weighted by atomic mass is 9.97. The minimum Gasteiger partial charge on any atom is -0.497 e. The number of benzene rings is 1. The Morgan fingerprint density at radius 3 is 2.58 bits per heavy atom. The predicted octanol–water partition coefficient (Wildman–Crippen LogP) is 3.25. The summed E-state index contributed by atoms with van der Waals surface area (Å²) < 4.78 is 10.2. The summed E-state index contributed by atoms with van der Waals surface area (Å²) in [6.45, 7) is 2.16. The van der Waals surface area contributed by atoms with Gasteiger partial charge in [0.05, 0.1) is 12.7 Å². The van der Waals surface area contributed by atoms with Crippen molar-refractivity contribution in [3.8, 4) is 5.75 Å². The van der Waals surface area contributed by atoms with Crippen LogP contribution in [-0.4, -0.2) is 31.6 Å². The molecule has 1 amide bonds. The molecular weight excluding hydrogens is 306 g/mol. The van der Waals surface area contributed by atoms with Crippen LogP contribution in [0.4, 0.5) is 0 Å². The number of nitrogens with one attached hydrogen (secondary N) is 1. The summed E-state index contributed by atoms with van der Waals surface area (Å²) in [7, 11) is 1.56. The molecule has 1 atom stereocenters. The van der Waals surface area contributed by atoms with E-state index in [1.165, 1.54) is 18.4 Å². The first-order valence-electron chi connectivity index (χ1n) is 8.41. The average molecular weight is 331 g/mol. The summed E-state index contributed by atoms with van der Waals surface area (Å²) >= 11 is 0. The van der Waals surface area contributed by atoms with Crippen LogP contribution in [0.15, 0.2) is 35.9 Å². The molecule has 0 saturated heterocycles. The highest BCUT2D eigenvalue weighted by Crippen LogP contribution is 2.19. The predicted molar refractivity (Wildman–Crippen MR) is 92.0 cm³/mol. The lowest BCUT2D eigenvalue weighted by Crippen LogP contribution is -2.36. The molecule has 1 aliphatic carbocycles. The minimum absolute atomic E-state index is 0.270. The number of carbonyl (C=O) groups is 2. The summed E-state index contributed by atoms with van der Waals surface area (Å²) in [5.74, 6) is -0.127. The first-order chi connectivity index (χ1) is 11.6. The van der Waals surface area contributed by atoms with Gasteiger partial charge in [-0.15, -0.1) is 0 Å². The molecule has 130 valence electrons. The van der Waals surface area contributed by atoms with E-state index in [4.69, 9.17) is 9.47 Å². The molecule has 0 bridgehead atoms. The highest BCUT2D eigenvalue weighted by Gasteiger charge is 2.18. The summed E-state index contributed by atoms with van der Waals surface area (Å²) in [5.41, 5.74) is 1.80. The molecule has 1 aliphatic rings. The van der Waals surface area contributed by atoms with Crippen LogP contribution in [0.1, 0.15) is 49.4 Å². The lowest BCUT2D eigenvalue weighted by molar-refractivity contribution is -0.129. The van der Waals surface area contributed by atoms with Crippen molar-refractivity contribution >= 4 is 11.9 Å². The molecule has 0 fully saturated rings. The van der Waals surface area contributed by atoms with Crippen molar-refractivity contribution in [3.63, 3.8) is 0 Å². The highest BCUT2D eigenvalue weighted by atomic mass is 16.5. The van der Waals surface area contributed by atoms with Crippen LogP contribution in [0.25, 0.3) is 0 Å². The maximum Gasteiger partial charge on any atom is 0.338 e. The average Bonchev–Trinajstić information content (AvgIpc) is 2.62. The molecule has 5 heteroatoms. The molecule has 1 aromatic carbocycles. The van der Waals surface area contributed by atoms with Gasteiger partial charge in [0, 0.05) is 6.54 Å². The lowest BCUT2D eigenvalue weighted by Gasteiger charge is -2.15. The second kappa shape index (κ2) is 9.11. The SMILES string of the molecule is COc1ccc(C(=O)O[C@H](C)C(=O)NCCC2=CCCCC2)cc1. The van der Waals surface area contributed by atoms with E-state index in [0.29, 0.717) is 17.9 Å². The fraction of sp³-hybridized carbons (Fsp3) is 0.474. The van der Waals surface area contributed by atoms with E-state index in [0.717, 1.165) is 19.3 Å². The zero-order valence-electron chi connectivity index (χ0n) is 14.3. The first-order valence-corrected chi connectivity index (χ1v) is 8.41. The molecule has 2 rings (SSSR count). The number of esters is 1. The van der Waals surface area contributed by atoms with E-state index in [2.05, 4.69) is 11.4 Å². The second-order valence-electron chi connectivity index (χ2n) is 5.93. The van der Waals surface area contributed by atoms with Crippen LogP contribution in [0, 0.1) is 0 Å². The van der Waals surface area contributed by atoms with Crippen molar-refractivity contribution in [2.75, 3.05) is 13.7 Å². The quantitative estimate of drug-likeness (QED) is 0.615. The standard InChI is InChI=1S/C19H25NO4/c1-14(18(21)20-13-12-15-6-4-3-5-7-15)24-19(22)16-8-10-17(23-2)11-9-16/h6,8-11,14H,3-5,7,12-13H2,1-2H3,(H,20,21)/t14-/m1/s1. The van der Waals surface area contributed by atoms with Gasteiger partial charge in [0.1, 0.15) is 5.75 Å². The van der Waals surface area contributed by atoms with Gasteiger partial charge in [-0.2, -0.15) is 0 Å². The summed E-state index contributed by atoms with van der Waals surface area (Å²) in [6.07, 6.45) is 7.06. The normalized spacial score (nSPS) is 15.2. The third-order valence-electron chi connectivity index (χ3n) is 4.11. The van der Waals surface area contributed by atoms with E-state index >= 15 is 0 Å². The Balaban J connectivity index is 1.75. The number of rotatable bonds is 7. The number of ether oxygens (including phenoxy) is 2. The van der Waals surface area contributed by atoms with E-state index in [1.807, 2.05) is 0 Å². The Morgan fingerprint density at radius 1 is 1.21 bits per heavy atom. The van der Waals surface area contributed by atoms with Gasteiger partial charge in [-0.1, -0.05) is 11.6 Å². The molecular formula is C19H25NO4. The molecule has 1 aromatic rings. The van der Waals surface area contributed by atoms with Gasteiger partial charge in [-0.3, -0.25) is 4.79 Å². The molecule has 0 heterocycles. The zero-order valence-corrected chi connectivity index (χ0v) is 14.3. The van der Waals surface area contributed by atoms with Gasteiger partial charge in [0.2, 0.25) is 0 Å². The number of hydrogen-bond donors (Lipinski definition) is 1. The Morgan fingerprint density at radius 2 is 1.96 bits per heavy atom. The Hall–Kier alpha value is -2.30. The van der Waals surface area contributed by atoms with Crippen molar-refractivity contribution in [3.05, 3.63) is 41.5 Å². The fourth-order valence-electron chi connectivity index (χ4n) is 2.63. The zero-order chi connectivity index (χ0) is 17.4. The van der Waals surface area contributed by atoms with E-state index < -0.39 is 12.1 Å². The van der Waals surface area contributed by atoms with Crippen LogP contribution in [0.2, 0.25) is 0 Å². The van der Waals surface area contributed by atoms with Gasteiger partial charge < -0.3 is 14.8 Å². The van der Waals surface area contributed by atoms with Crippen molar-refractivity contribution in [1.82, 2.24) is 5.32 Å². The Bertz CT molecular complexity index is 592. The van der Waals surface area contributed by atoms with Gasteiger partial charge in [0.15, 0.2) is 6.10 Å². The maximum atomic E-state index is 12.0. The molecule has 0 aromatic heterocycles. The Kier molecular flexibility index (Phi) is 6.85. The van der Waals surface area contributed by atoms with Crippen LogP contribution in [0.3, 0.4) is 0 Å². The van der Waals surface area contributed by atoms with Gasteiger partial charge in [0.25, 0.3) is 5.91 Å². The highest BCUT2D eigenvalue weighted by molar-refractivity contribution is 5.92. The smallest absolute Gasteiger partial charge is 0.338 e. The second-order valence-corrected chi connectivity index (χ2v) is 5.93. The summed E-state index contributed by atoms with van der Waals surface area (Å²) in [4.78, 5) is 24.1. The van der Waals surface area contributed by atoms with Crippen molar-refractivity contribution < 1.29 is 19.1 Å². The van der Waals surface area contributed by atoms with Crippen molar-refractivity contribution in [2.24, 2.45) is 0 Å². The number of methoxy groups -OCH3 is 1. The van der Waals surface area contributed by atoms with Crippen molar-refractivity contribution in [2.45, 2.75) is 45.1 Å². The van der Waals surface area contributed by atoms with E-state index in [-0.39, 0.29) is 5.91 Å². The summed E-state index contributed by atoms with van der Waals surface area (Å²) in [5, 5.41) is 2.83. The van der Waals surface area contributed by atoms with E-state index in [1.54, 1.807) is 38.3 Å². The number of carbonyl (C=O) groups excluding carboxylic acids is 2. The third kappa shape index (κ3) is 5.41. The molecule has 24 heavy (non-hydrogen) atoms. The Labute approximate surface area is 143 Å². The molecule has 0 unspecified atom stereocenters. The maximum absolute atomic E-state index is 12.0. The van der Waals surface area contributed by atoms with Crippen LogP contribution >= 0.6 is 0 Å². The number of hydrogen-bond acceptors (Lipinski definition) is 4. The number of amides is 1. The molecule has 0 radical (unpaired) electrons. The molecule has 0 aliphatic heterocycles.